The van der Waals surface area contributed by atoms with Crippen LogP contribution in [0.15, 0.2) is 12.2 Å². The molecular weight excluding hydrogens is 352 g/mol. The molecule has 164 valence electrons. The molecule has 0 spiro atoms. The van der Waals surface area contributed by atoms with Crippen LogP contribution in [0.5, 0.6) is 0 Å². The van der Waals surface area contributed by atoms with Crippen molar-refractivity contribution in [2.24, 2.45) is 0 Å². The Morgan fingerprint density at radius 1 is 0.429 bits per heavy atom. The smallest absolute Gasteiger partial charge is 0.157 e. The first-order valence-electron chi connectivity index (χ1n) is 12.1. The molecule has 0 radical (unpaired) electrons. The molecule has 0 aromatic carbocycles. The molecule has 0 bridgehead atoms. The zero-order valence-corrected chi connectivity index (χ0v) is 18.1. The van der Waals surface area contributed by atoms with Gasteiger partial charge in [0.2, 0.25) is 0 Å². The molecule has 4 heteroatoms. The zero-order valence-electron chi connectivity index (χ0n) is 18.1. The topological polar surface area (TPSA) is 36.9 Å². The largest absolute Gasteiger partial charge is 0.350 e. The fraction of sp³-hybridized carbons (Fsp3) is 0.917. The van der Waals surface area contributed by atoms with E-state index in [9.17, 15) is 0 Å². The molecule has 28 heavy (non-hydrogen) atoms. The molecule has 2 fully saturated rings. The Labute approximate surface area is 173 Å². The molecule has 2 aliphatic heterocycles. The number of ether oxygens (including phenoxy) is 4. The summed E-state index contributed by atoms with van der Waals surface area (Å²) in [4.78, 5) is 0. The Morgan fingerprint density at radius 3 is 1.14 bits per heavy atom. The molecule has 4 nitrogen and oxygen atoms in total. The van der Waals surface area contributed by atoms with Gasteiger partial charge in [0, 0.05) is 0 Å². The van der Waals surface area contributed by atoms with Crippen LogP contribution >= 0.6 is 0 Å². The van der Waals surface area contributed by atoms with Crippen molar-refractivity contribution in [1.82, 2.24) is 0 Å². The molecule has 0 unspecified atom stereocenters. The maximum atomic E-state index is 5.46. The first kappa shape index (κ1) is 23.9. The van der Waals surface area contributed by atoms with E-state index >= 15 is 0 Å². The van der Waals surface area contributed by atoms with E-state index in [4.69, 9.17) is 18.9 Å². The maximum absolute atomic E-state index is 5.46. The van der Waals surface area contributed by atoms with Gasteiger partial charge in [0.05, 0.1) is 26.4 Å². The van der Waals surface area contributed by atoms with Crippen molar-refractivity contribution in [2.75, 3.05) is 26.4 Å². The fourth-order valence-corrected chi connectivity index (χ4v) is 3.94. The fourth-order valence-electron chi connectivity index (χ4n) is 3.94. The number of hydrogen-bond donors (Lipinski definition) is 0. The van der Waals surface area contributed by atoms with E-state index in [1.807, 2.05) is 0 Å². The number of unbranched alkanes of at least 4 members (excludes halogenated alkanes) is 12. The SMILES string of the molecule is C(=C\CCCCCCCCC1OCCO1)/CCCCCCCCC1OCCO1. The van der Waals surface area contributed by atoms with Gasteiger partial charge >= 0.3 is 0 Å². The lowest BCUT2D eigenvalue weighted by molar-refractivity contribution is -0.0482. The van der Waals surface area contributed by atoms with Crippen LogP contribution in [0.2, 0.25) is 0 Å². The van der Waals surface area contributed by atoms with Crippen LogP contribution in [0.25, 0.3) is 0 Å². The summed E-state index contributed by atoms with van der Waals surface area (Å²) in [6.07, 6.45) is 25.7. The minimum atomic E-state index is 0.0944. The minimum absolute atomic E-state index is 0.0944. The Morgan fingerprint density at radius 2 is 0.750 bits per heavy atom. The summed E-state index contributed by atoms with van der Waals surface area (Å²) in [5, 5.41) is 0. The highest BCUT2D eigenvalue weighted by molar-refractivity contribution is 4.81. The zero-order chi connectivity index (χ0) is 19.5. The normalized spacial score (nSPS) is 18.7. The van der Waals surface area contributed by atoms with Gasteiger partial charge in [0.15, 0.2) is 12.6 Å². The van der Waals surface area contributed by atoms with Crippen LogP contribution in [-0.2, 0) is 18.9 Å². The molecular formula is C24H44O4. The monoisotopic (exact) mass is 396 g/mol. The first-order chi connectivity index (χ1) is 13.9. The molecule has 0 aromatic rings. The highest BCUT2D eigenvalue weighted by Gasteiger charge is 2.15. The van der Waals surface area contributed by atoms with Gasteiger partial charge in [-0.3, -0.25) is 0 Å². The van der Waals surface area contributed by atoms with E-state index in [0.29, 0.717) is 0 Å². The van der Waals surface area contributed by atoms with Crippen molar-refractivity contribution >= 4 is 0 Å². The van der Waals surface area contributed by atoms with E-state index in [-0.39, 0.29) is 12.6 Å². The second kappa shape index (κ2) is 17.4. The Balaban J connectivity index is 1.21. The van der Waals surface area contributed by atoms with Crippen molar-refractivity contribution < 1.29 is 18.9 Å². The molecule has 2 saturated heterocycles. The predicted octanol–water partition coefficient (Wildman–Crippen LogP) is 6.53. The van der Waals surface area contributed by atoms with Gasteiger partial charge in [-0.25, -0.2) is 0 Å². The van der Waals surface area contributed by atoms with Crippen LogP contribution in [0, 0.1) is 0 Å². The van der Waals surface area contributed by atoms with Gasteiger partial charge in [0.1, 0.15) is 0 Å². The Hall–Kier alpha value is -0.420. The standard InChI is InChI=1S/C24H44O4/c1(3-5-7-9-11-13-15-17-23-25-19-20-26-23)2-4-6-8-10-12-14-16-18-24-27-21-22-28-24/h1-2,23-24H,3-22H2/b2-1+. The van der Waals surface area contributed by atoms with Gasteiger partial charge in [-0.2, -0.15) is 0 Å². The van der Waals surface area contributed by atoms with E-state index in [2.05, 4.69) is 12.2 Å². The molecule has 0 aromatic heterocycles. The number of rotatable bonds is 18. The van der Waals surface area contributed by atoms with Crippen LogP contribution in [0.1, 0.15) is 103 Å². The predicted molar refractivity (Wildman–Crippen MR) is 114 cm³/mol. The van der Waals surface area contributed by atoms with E-state index in [1.165, 1.54) is 89.9 Å². The van der Waals surface area contributed by atoms with Gasteiger partial charge in [-0.15, -0.1) is 0 Å². The summed E-state index contributed by atoms with van der Waals surface area (Å²) in [7, 11) is 0. The van der Waals surface area contributed by atoms with Crippen LogP contribution in [0.4, 0.5) is 0 Å². The van der Waals surface area contributed by atoms with Gasteiger partial charge in [-0.05, 0) is 51.4 Å². The van der Waals surface area contributed by atoms with E-state index in [0.717, 1.165) is 39.3 Å². The average Bonchev–Trinajstić information content (AvgIpc) is 3.41. The summed E-state index contributed by atoms with van der Waals surface area (Å²) in [5.41, 5.74) is 0. The second-order valence-electron chi connectivity index (χ2n) is 8.21. The molecule has 0 aliphatic carbocycles. The third-order valence-electron chi connectivity index (χ3n) is 5.67. The minimum Gasteiger partial charge on any atom is -0.350 e. The Kier molecular flexibility index (Phi) is 14.9. The first-order valence-corrected chi connectivity index (χ1v) is 12.1. The summed E-state index contributed by atoms with van der Waals surface area (Å²) in [6, 6.07) is 0. The summed E-state index contributed by atoms with van der Waals surface area (Å²) >= 11 is 0. The molecule has 2 rings (SSSR count). The molecule has 0 amide bonds. The van der Waals surface area contributed by atoms with Gasteiger partial charge in [-0.1, -0.05) is 63.5 Å². The summed E-state index contributed by atoms with van der Waals surface area (Å²) < 4.78 is 21.8. The molecule has 0 N–H and O–H groups in total. The Bertz CT molecular complexity index is 326. The molecule has 2 heterocycles. The maximum Gasteiger partial charge on any atom is 0.157 e. The molecule has 0 atom stereocenters. The van der Waals surface area contributed by atoms with Crippen molar-refractivity contribution in [1.29, 1.82) is 0 Å². The van der Waals surface area contributed by atoms with E-state index < -0.39 is 0 Å². The molecule has 2 aliphatic rings. The number of hydrogen-bond acceptors (Lipinski definition) is 4. The van der Waals surface area contributed by atoms with Crippen LogP contribution < -0.4 is 0 Å². The molecule has 0 saturated carbocycles. The van der Waals surface area contributed by atoms with Crippen molar-refractivity contribution in [3.8, 4) is 0 Å². The quantitative estimate of drug-likeness (QED) is 0.195. The van der Waals surface area contributed by atoms with Crippen molar-refractivity contribution in [2.45, 2.75) is 115 Å². The lowest BCUT2D eigenvalue weighted by Gasteiger charge is -2.08. The third-order valence-corrected chi connectivity index (χ3v) is 5.67. The van der Waals surface area contributed by atoms with Gasteiger partial charge < -0.3 is 18.9 Å². The number of allylic oxidation sites excluding steroid dienone is 2. The lowest BCUT2D eigenvalue weighted by Crippen LogP contribution is -2.06. The highest BCUT2D eigenvalue weighted by atomic mass is 16.7. The average molecular weight is 397 g/mol. The van der Waals surface area contributed by atoms with Crippen molar-refractivity contribution in [3.63, 3.8) is 0 Å². The third kappa shape index (κ3) is 12.9. The lowest BCUT2D eigenvalue weighted by atomic mass is 10.1. The van der Waals surface area contributed by atoms with Gasteiger partial charge in [0.25, 0.3) is 0 Å². The summed E-state index contributed by atoms with van der Waals surface area (Å²) in [5.74, 6) is 0. The highest BCUT2D eigenvalue weighted by Crippen LogP contribution is 2.16. The van der Waals surface area contributed by atoms with E-state index in [1.54, 1.807) is 0 Å². The van der Waals surface area contributed by atoms with Crippen LogP contribution in [-0.4, -0.2) is 39.0 Å². The van der Waals surface area contributed by atoms with Crippen molar-refractivity contribution in [3.05, 3.63) is 12.2 Å². The second-order valence-corrected chi connectivity index (χ2v) is 8.21. The summed E-state index contributed by atoms with van der Waals surface area (Å²) in [6.45, 7) is 3.13. The van der Waals surface area contributed by atoms with Crippen LogP contribution in [0.3, 0.4) is 0 Å².